The number of aromatic nitrogens is 3. The maximum absolute atomic E-state index is 8.94. The van der Waals surface area contributed by atoms with Crippen LogP contribution in [0, 0.1) is 18.3 Å². The molecule has 0 spiro atoms. The fourth-order valence-corrected chi connectivity index (χ4v) is 2.58. The van der Waals surface area contributed by atoms with Crippen LogP contribution in [-0.2, 0) is 13.1 Å². The number of aryl methyl sites for hydroxylation is 2. The van der Waals surface area contributed by atoms with Crippen LogP contribution in [0.25, 0.3) is 10.9 Å². The van der Waals surface area contributed by atoms with E-state index in [1.165, 1.54) is 5.69 Å². The monoisotopic (exact) mass is 264 g/mol. The molecular weight excluding hydrogens is 248 g/mol. The molecule has 0 aliphatic heterocycles. The summed E-state index contributed by atoms with van der Waals surface area (Å²) >= 11 is 0. The molecule has 4 heteroatoms. The molecular formula is C16H16N4. The van der Waals surface area contributed by atoms with E-state index in [0.717, 1.165) is 29.7 Å². The molecule has 20 heavy (non-hydrogen) atoms. The van der Waals surface area contributed by atoms with Gasteiger partial charge in [-0.1, -0.05) is 0 Å². The summed E-state index contributed by atoms with van der Waals surface area (Å²) < 4.78 is 4.23. The van der Waals surface area contributed by atoms with Gasteiger partial charge in [-0.15, -0.1) is 0 Å². The highest BCUT2D eigenvalue weighted by molar-refractivity contribution is 5.81. The number of nitrogens with zero attached hydrogens (tertiary/aromatic N) is 4. The van der Waals surface area contributed by atoms with Crippen molar-refractivity contribution in [3.63, 3.8) is 0 Å². The molecule has 0 aliphatic rings. The van der Waals surface area contributed by atoms with Crippen LogP contribution < -0.4 is 0 Å². The van der Waals surface area contributed by atoms with Crippen LogP contribution in [-0.4, -0.2) is 14.3 Å². The van der Waals surface area contributed by atoms with Crippen molar-refractivity contribution in [2.45, 2.75) is 26.9 Å². The molecule has 0 saturated carbocycles. The highest BCUT2D eigenvalue weighted by atomic mass is 15.3. The summed E-state index contributed by atoms with van der Waals surface area (Å²) in [5.41, 5.74) is 4.09. The normalized spacial score (nSPS) is 10.8. The lowest BCUT2D eigenvalue weighted by Crippen LogP contribution is -2.07. The summed E-state index contributed by atoms with van der Waals surface area (Å²) in [6.07, 6.45) is 2.06. The van der Waals surface area contributed by atoms with Crippen LogP contribution in [0.5, 0.6) is 0 Å². The lowest BCUT2D eigenvalue weighted by Gasteiger charge is -2.07. The molecule has 0 atom stereocenters. The van der Waals surface area contributed by atoms with Crippen molar-refractivity contribution in [1.82, 2.24) is 14.3 Å². The number of hydrogen-bond acceptors (Lipinski definition) is 2. The van der Waals surface area contributed by atoms with Gasteiger partial charge in [0, 0.05) is 23.6 Å². The first-order valence-electron chi connectivity index (χ1n) is 6.73. The van der Waals surface area contributed by atoms with E-state index in [2.05, 4.69) is 41.0 Å². The number of hydrogen-bond donors (Lipinski definition) is 0. The highest BCUT2D eigenvalue weighted by Crippen LogP contribution is 2.19. The number of nitriles is 1. The summed E-state index contributed by atoms with van der Waals surface area (Å²) in [5, 5.41) is 14.5. The zero-order valence-corrected chi connectivity index (χ0v) is 11.7. The lowest BCUT2D eigenvalue weighted by atomic mass is 10.2. The van der Waals surface area contributed by atoms with Gasteiger partial charge < -0.3 is 4.57 Å². The Hall–Kier alpha value is -2.54. The van der Waals surface area contributed by atoms with Crippen molar-refractivity contribution in [2.24, 2.45) is 0 Å². The molecule has 0 aliphatic carbocycles. The van der Waals surface area contributed by atoms with Gasteiger partial charge in [0.05, 0.1) is 29.6 Å². The first-order valence-corrected chi connectivity index (χ1v) is 6.73. The first-order chi connectivity index (χ1) is 9.71. The van der Waals surface area contributed by atoms with Crippen molar-refractivity contribution in [2.75, 3.05) is 0 Å². The van der Waals surface area contributed by atoms with Crippen LogP contribution in [0.15, 0.2) is 36.5 Å². The van der Waals surface area contributed by atoms with Crippen LogP contribution in [0.3, 0.4) is 0 Å². The highest BCUT2D eigenvalue weighted by Gasteiger charge is 2.07. The fourth-order valence-electron chi connectivity index (χ4n) is 2.58. The van der Waals surface area contributed by atoms with E-state index in [1.54, 1.807) is 0 Å². The van der Waals surface area contributed by atoms with E-state index >= 15 is 0 Å². The Balaban J connectivity index is 2.01. The van der Waals surface area contributed by atoms with Gasteiger partial charge in [0.25, 0.3) is 0 Å². The van der Waals surface area contributed by atoms with Crippen molar-refractivity contribution in [3.8, 4) is 6.07 Å². The molecule has 1 aromatic carbocycles. The smallest absolute Gasteiger partial charge is 0.0991 e. The molecule has 0 radical (unpaired) electrons. The summed E-state index contributed by atoms with van der Waals surface area (Å²) in [7, 11) is 0. The van der Waals surface area contributed by atoms with Gasteiger partial charge in [0.1, 0.15) is 0 Å². The summed E-state index contributed by atoms with van der Waals surface area (Å²) in [4.78, 5) is 0. The predicted molar refractivity (Wildman–Crippen MR) is 78.4 cm³/mol. The minimum absolute atomic E-state index is 0.699. The van der Waals surface area contributed by atoms with Crippen LogP contribution >= 0.6 is 0 Å². The van der Waals surface area contributed by atoms with E-state index in [0.29, 0.717) is 5.56 Å². The summed E-state index contributed by atoms with van der Waals surface area (Å²) in [6.45, 7) is 5.79. The second-order valence-corrected chi connectivity index (χ2v) is 4.92. The van der Waals surface area contributed by atoms with Gasteiger partial charge in [-0.2, -0.15) is 10.4 Å². The van der Waals surface area contributed by atoms with E-state index in [4.69, 9.17) is 5.26 Å². The third-order valence-electron chi connectivity index (χ3n) is 3.52. The molecule has 4 nitrogen and oxygen atoms in total. The van der Waals surface area contributed by atoms with Crippen molar-refractivity contribution in [3.05, 3.63) is 53.5 Å². The topological polar surface area (TPSA) is 46.5 Å². The standard InChI is InChI=1S/C16H16N4/c1-3-20-15(8-12(2)18-20)11-19-7-6-14-9-13(10-17)4-5-16(14)19/h4-9H,3,11H2,1-2H3. The molecule has 3 rings (SSSR count). The fraction of sp³-hybridized carbons (Fsp3) is 0.250. The molecule has 2 heterocycles. The Kier molecular flexibility index (Phi) is 3.03. The molecule has 0 bridgehead atoms. The largest absolute Gasteiger partial charge is 0.341 e. The molecule has 3 aromatic rings. The van der Waals surface area contributed by atoms with Gasteiger partial charge in [-0.3, -0.25) is 4.68 Å². The van der Waals surface area contributed by atoms with Crippen LogP contribution in [0.4, 0.5) is 0 Å². The first kappa shape index (κ1) is 12.5. The van der Waals surface area contributed by atoms with Gasteiger partial charge in [-0.05, 0) is 44.2 Å². The molecule has 100 valence electrons. The molecule has 0 saturated heterocycles. The predicted octanol–water partition coefficient (Wildman–Crippen LogP) is 3.09. The Morgan fingerprint density at radius 2 is 2.10 bits per heavy atom. The third-order valence-corrected chi connectivity index (χ3v) is 3.52. The van der Waals surface area contributed by atoms with Crippen molar-refractivity contribution in [1.29, 1.82) is 5.26 Å². The van der Waals surface area contributed by atoms with E-state index in [1.807, 2.05) is 29.8 Å². The van der Waals surface area contributed by atoms with Crippen LogP contribution in [0.1, 0.15) is 23.9 Å². The maximum Gasteiger partial charge on any atom is 0.0991 e. The van der Waals surface area contributed by atoms with Gasteiger partial charge in [-0.25, -0.2) is 0 Å². The Morgan fingerprint density at radius 1 is 1.25 bits per heavy atom. The molecule has 0 N–H and O–H groups in total. The van der Waals surface area contributed by atoms with Gasteiger partial charge >= 0.3 is 0 Å². The molecule has 0 fully saturated rings. The summed E-state index contributed by atoms with van der Waals surface area (Å²) in [5.74, 6) is 0. The SMILES string of the molecule is CCn1nc(C)cc1Cn1ccc2cc(C#N)ccc21. The minimum atomic E-state index is 0.699. The molecule has 0 unspecified atom stereocenters. The number of rotatable bonds is 3. The quantitative estimate of drug-likeness (QED) is 0.729. The van der Waals surface area contributed by atoms with E-state index in [9.17, 15) is 0 Å². The molecule has 2 aromatic heterocycles. The second-order valence-electron chi connectivity index (χ2n) is 4.92. The zero-order chi connectivity index (χ0) is 14.1. The van der Waals surface area contributed by atoms with Gasteiger partial charge in [0.2, 0.25) is 0 Å². The Bertz CT molecular complexity index is 802. The molecule has 0 amide bonds. The second kappa shape index (κ2) is 4.86. The minimum Gasteiger partial charge on any atom is -0.341 e. The Morgan fingerprint density at radius 3 is 2.85 bits per heavy atom. The Labute approximate surface area is 117 Å². The van der Waals surface area contributed by atoms with Crippen molar-refractivity contribution >= 4 is 10.9 Å². The average molecular weight is 264 g/mol. The zero-order valence-electron chi connectivity index (χ0n) is 11.7. The van der Waals surface area contributed by atoms with Crippen LogP contribution in [0.2, 0.25) is 0 Å². The lowest BCUT2D eigenvalue weighted by molar-refractivity contribution is 0.602. The number of benzene rings is 1. The van der Waals surface area contributed by atoms with E-state index < -0.39 is 0 Å². The van der Waals surface area contributed by atoms with Gasteiger partial charge in [0.15, 0.2) is 0 Å². The average Bonchev–Trinajstić information content (AvgIpc) is 3.02. The van der Waals surface area contributed by atoms with E-state index in [-0.39, 0.29) is 0 Å². The third kappa shape index (κ3) is 2.08. The van der Waals surface area contributed by atoms with Crippen molar-refractivity contribution < 1.29 is 0 Å². The number of fused-ring (bicyclic) bond motifs is 1. The maximum atomic E-state index is 8.94. The summed E-state index contributed by atoms with van der Waals surface area (Å²) in [6, 6.07) is 12.1.